The van der Waals surface area contributed by atoms with Gasteiger partial charge in [0.25, 0.3) is 0 Å². The summed E-state index contributed by atoms with van der Waals surface area (Å²) in [6.07, 6.45) is 12.8. The molecule has 3 nitrogen and oxygen atoms in total. The van der Waals surface area contributed by atoms with Crippen molar-refractivity contribution in [3.05, 3.63) is 34.9 Å². The van der Waals surface area contributed by atoms with Crippen molar-refractivity contribution in [3.8, 4) is 0 Å². The van der Waals surface area contributed by atoms with Crippen LogP contribution in [0.25, 0.3) is 0 Å². The van der Waals surface area contributed by atoms with Crippen LogP contribution >= 0.6 is 11.6 Å². The van der Waals surface area contributed by atoms with Crippen LogP contribution < -0.4 is 5.32 Å². The Hall–Kier alpha value is -0.528. The molecule has 0 aromatic heterocycles. The fraction of sp³-hybridized carbons (Fsp3) is 0.720. The molecular formula is C25H42ClCrNO2. The Bertz CT molecular complexity index is 553. The third kappa shape index (κ3) is 13.0. The average Bonchev–Trinajstić information content (AvgIpc) is 2.74. The minimum absolute atomic E-state index is 0.000326. The Morgan fingerprint density at radius 1 is 0.967 bits per heavy atom. The summed E-state index contributed by atoms with van der Waals surface area (Å²) >= 11 is 6.61. The molecule has 0 spiro atoms. The molecule has 1 N–H and O–H groups in total. The molecule has 30 heavy (non-hydrogen) atoms. The standard InChI is InChI=1S/C22H35ClNO2.C3H7.Cr/c1-4-6-7-8-9-10-11-12-17-26-21(5-2)18(3)24-22(25)19-13-15-20(23)16-14-19;1-3-2;/h13-16,18,21H,2,4-12,17H2,1,3H3,(H,24,25);1,3H2,2H3;. The van der Waals surface area contributed by atoms with Crippen molar-refractivity contribution in [1.82, 2.24) is 5.32 Å². The Labute approximate surface area is 196 Å². The number of amides is 1. The SMILES string of the molecule is CCCCCCCCCCOC(C[CH2][Cr][CH2]CC)C(C)NC(=O)c1ccc(Cl)cc1. The van der Waals surface area contributed by atoms with Crippen molar-refractivity contribution >= 4 is 17.5 Å². The molecule has 5 heteroatoms. The number of rotatable bonds is 18. The van der Waals surface area contributed by atoms with E-state index in [9.17, 15) is 4.79 Å². The van der Waals surface area contributed by atoms with Gasteiger partial charge in [0.1, 0.15) is 0 Å². The van der Waals surface area contributed by atoms with Crippen LogP contribution in [0.15, 0.2) is 24.3 Å². The molecule has 1 aromatic rings. The summed E-state index contributed by atoms with van der Waals surface area (Å²) in [5, 5.41) is 6.32. The van der Waals surface area contributed by atoms with Gasteiger partial charge in [-0.05, 0) is 0 Å². The van der Waals surface area contributed by atoms with Crippen LogP contribution in [-0.4, -0.2) is 24.7 Å². The van der Waals surface area contributed by atoms with Gasteiger partial charge < -0.3 is 0 Å². The summed E-state index contributed by atoms with van der Waals surface area (Å²) in [7, 11) is 0. The first kappa shape index (κ1) is 27.5. The van der Waals surface area contributed by atoms with E-state index in [1.807, 2.05) is 0 Å². The van der Waals surface area contributed by atoms with Crippen molar-refractivity contribution in [2.24, 2.45) is 0 Å². The Balaban J connectivity index is 2.39. The first-order chi connectivity index (χ1) is 14.6. The second kappa shape index (κ2) is 18.1. The Morgan fingerprint density at radius 3 is 2.23 bits per heavy atom. The van der Waals surface area contributed by atoms with E-state index in [0.717, 1.165) is 19.4 Å². The normalized spacial score (nSPS) is 13.2. The average molecular weight is 476 g/mol. The van der Waals surface area contributed by atoms with Gasteiger partial charge in [-0.15, -0.1) is 0 Å². The van der Waals surface area contributed by atoms with Gasteiger partial charge in [-0.25, -0.2) is 0 Å². The zero-order valence-electron chi connectivity index (χ0n) is 19.3. The summed E-state index contributed by atoms with van der Waals surface area (Å²) in [6, 6.07) is 7.05. The molecule has 0 aliphatic heterocycles. The van der Waals surface area contributed by atoms with Crippen LogP contribution in [0, 0.1) is 0 Å². The minimum atomic E-state index is -0.0566. The van der Waals surface area contributed by atoms with E-state index in [-0.39, 0.29) is 18.1 Å². The van der Waals surface area contributed by atoms with E-state index in [1.54, 1.807) is 24.3 Å². The molecule has 1 amide bonds. The fourth-order valence-corrected chi connectivity index (χ4v) is 4.90. The van der Waals surface area contributed by atoms with Crippen LogP contribution in [-0.2, 0) is 20.0 Å². The molecule has 0 fully saturated rings. The summed E-state index contributed by atoms with van der Waals surface area (Å²) in [5.74, 6) is -0.0566. The third-order valence-corrected chi connectivity index (χ3v) is 7.41. The number of hydrogen-bond donors (Lipinski definition) is 1. The molecule has 172 valence electrons. The molecule has 2 atom stereocenters. The monoisotopic (exact) mass is 475 g/mol. The first-order valence-corrected chi connectivity index (χ1v) is 14.0. The van der Waals surface area contributed by atoms with Gasteiger partial charge in [-0.1, -0.05) is 13.3 Å². The third-order valence-electron chi connectivity index (χ3n) is 5.25. The molecule has 1 aromatic carbocycles. The van der Waals surface area contributed by atoms with Crippen LogP contribution in [0.4, 0.5) is 0 Å². The van der Waals surface area contributed by atoms with Gasteiger partial charge in [0.05, 0.1) is 0 Å². The predicted octanol–water partition coefficient (Wildman–Crippen LogP) is 7.70. The molecule has 0 heterocycles. The maximum atomic E-state index is 12.6. The second-order valence-electron chi connectivity index (χ2n) is 8.05. The summed E-state index contributed by atoms with van der Waals surface area (Å²) in [5.41, 5.74) is 0.642. The fourth-order valence-electron chi connectivity index (χ4n) is 3.38. The molecule has 0 saturated heterocycles. The van der Waals surface area contributed by atoms with Crippen molar-refractivity contribution in [2.75, 3.05) is 6.61 Å². The van der Waals surface area contributed by atoms with Crippen molar-refractivity contribution in [1.29, 1.82) is 0 Å². The van der Waals surface area contributed by atoms with Gasteiger partial charge in [-0.3, -0.25) is 0 Å². The van der Waals surface area contributed by atoms with Gasteiger partial charge in [-0.2, -0.15) is 0 Å². The number of carbonyl (C=O) groups excluding carboxylic acids is 1. The molecular weight excluding hydrogens is 434 g/mol. The number of unbranched alkanes of at least 4 members (excludes halogenated alkanes) is 7. The van der Waals surface area contributed by atoms with Crippen molar-refractivity contribution < 1.29 is 24.8 Å². The van der Waals surface area contributed by atoms with Gasteiger partial charge in [0.15, 0.2) is 0 Å². The summed E-state index contributed by atoms with van der Waals surface area (Å²) in [4.78, 5) is 12.6. The molecule has 0 radical (unpaired) electrons. The molecule has 0 saturated carbocycles. The number of hydrogen-bond acceptors (Lipinski definition) is 2. The Kier molecular flexibility index (Phi) is 16.6. The molecule has 0 aliphatic carbocycles. The van der Waals surface area contributed by atoms with E-state index >= 15 is 0 Å². The van der Waals surface area contributed by atoms with E-state index < -0.39 is 0 Å². The van der Waals surface area contributed by atoms with Crippen LogP contribution in [0.5, 0.6) is 0 Å². The van der Waals surface area contributed by atoms with Crippen LogP contribution in [0.1, 0.15) is 95.3 Å². The zero-order valence-corrected chi connectivity index (χ0v) is 21.3. The van der Waals surface area contributed by atoms with Crippen LogP contribution in [0.3, 0.4) is 0 Å². The van der Waals surface area contributed by atoms with E-state index in [0.29, 0.717) is 25.8 Å². The predicted molar refractivity (Wildman–Crippen MR) is 125 cm³/mol. The zero-order chi connectivity index (χ0) is 22.0. The summed E-state index contributed by atoms with van der Waals surface area (Å²) in [6.45, 7) is 7.36. The molecule has 0 aliphatic rings. The first-order valence-electron chi connectivity index (χ1n) is 11.8. The number of carbonyl (C=O) groups is 1. The quantitative estimate of drug-likeness (QED) is 0.221. The summed E-state index contributed by atoms with van der Waals surface area (Å²) < 4.78 is 6.26. The number of benzene rings is 1. The number of ether oxygens (including phenoxy) is 1. The van der Waals surface area contributed by atoms with Crippen molar-refractivity contribution in [2.45, 2.75) is 108 Å². The van der Waals surface area contributed by atoms with E-state index in [2.05, 4.69) is 26.1 Å². The molecule has 2 unspecified atom stereocenters. The second-order valence-corrected chi connectivity index (χ2v) is 10.4. The molecule has 1 rings (SSSR count). The molecule has 0 bridgehead atoms. The van der Waals surface area contributed by atoms with Gasteiger partial charge in [0, 0.05) is 0 Å². The number of halogens is 1. The van der Waals surface area contributed by atoms with Gasteiger partial charge >= 0.3 is 183 Å². The van der Waals surface area contributed by atoms with Crippen molar-refractivity contribution in [3.63, 3.8) is 0 Å². The number of nitrogens with one attached hydrogen (secondary N) is 1. The maximum absolute atomic E-state index is 12.6. The van der Waals surface area contributed by atoms with Gasteiger partial charge in [0.2, 0.25) is 0 Å². The Morgan fingerprint density at radius 2 is 1.60 bits per heavy atom. The van der Waals surface area contributed by atoms with E-state index in [4.69, 9.17) is 16.3 Å². The topological polar surface area (TPSA) is 38.3 Å². The van der Waals surface area contributed by atoms with Crippen LogP contribution in [0.2, 0.25) is 15.6 Å². The van der Waals surface area contributed by atoms with E-state index in [1.165, 1.54) is 61.9 Å².